The van der Waals surface area contributed by atoms with Gasteiger partial charge in [-0.15, -0.1) is 12.4 Å². The number of nitrogens with zero attached hydrogens (tertiary/aromatic N) is 1. The van der Waals surface area contributed by atoms with Crippen LogP contribution in [0.25, 0.3) is 0 Å². The first-order valence-corrected chi connectivity index (χ1v) is 8.30. The molecule has 0 aliphatic carbocycles. The lowest BCUT2D eigenvalue weighted by atomic mass is 10.1. The maximum Gasteiger partial charge on any atom is 0.254 e. The molecule has 0 saturated carbocycles. The Morgan fingerprint density at radius 2 is 2.08 bits per heavy atom. The second-order valence-corrected chi connectivity index (χ2v) is 6.73. The minimum absolute atomic E-state index is 0. The molecule has 0 radical (unpaired) electrons. The Morgan fingerprint density at radius 1 is 1.38 bits per heavy atom. The number of piperazine rings is 1. The summed E-state index contributed by atoms with van der Waals surface area (Å²) in [5.74, 6) is 0.394. The summed E-state index contributed by atoms with van der Waals surface area (Å²) in [4.78, 5) is 26.4. The van der Waals surface area contributed by atoms with E-state index in [0.717, 1.165) is 30.9 Å². The van der Waals surface area contributed by atoms with Crippen LogP contribution in [0.15, 0.2) is 18.2 Å². The molecule has 6 heteroatoms. The highest BCUT2D eigenvalue weighted by atomic mass is 35.5. The van der Waals surface area contributed by atoms with Gasteiger partial charge in [0, 0.05) is 43.3 Å². The number of amides is 2. The average Bonchev–Trinajstić information content (AvgIpc) is 2.48. The van der Waals surface area contributed by atoms with E-state index in [2.05, 4.69) is 17.6 Å². The van der Waals surface area contributed by atoms with Crippen LogP contribution in [0.1, 0.15) is 43.1 Å². The van der Waals surface area contributed by atoms with E-state index in [1.807, 2.05) is 37.8 Å². The Kier molecular flexibility index (Phi) is 7.70. The van der Waals surface area contributed by atoms with E-state index in [4.69, 9.17) is 0 Å². The first-order chi connectivity index (χ1) is 10.9. The molecule has 134 valence electrons. The van der Waals surface area contributed by atoms with Crippen molar-refractivity contribution in [2.24, 2.45) is 5.92 Å². The fraction of sp³-hybridized carbons (Fsp3) is 0.556. The molecule has 0 spiro atoms. The average molecular weight is 354 g/mol. The van der Waals surface area contributed by atoms with E-state index >= 15 is 0 Å². The maximum absolute atomic E-state index is 12.7. The topological polar surface area (TPSA) is 61.4 Å². The first kappa shape index (κ1) is 20.5. The summed E-state index contributed by atoms with van der Waals surface area (Å²) in [6, 6.07) is 5.69. The molecule has 2 rings (SSSR count). The van der Waals surface area contributed by atoms with E-state index in [-0.39, 0.29) is 30.3 Å². The van der Waals surface area contributed by atoms with Gasteiger partial charge in [-0.3, -0.25) is 9.59 Å². The number of hydrogen-bond acceptors (Lipinski definition) is 3. The van der Waals surface area contributed by atoms with Gasteiger partial charge in [0.25, 0.3) is 5.91 Å². The number of benzene rings is 1. The molecule has 1 atom stereocenters. The lowest BCUT2D eigenvalue weighted by Crippen LogP contribution is -2.52. The number of carbonyl (C=O) groups is 2. The van der Waals surface area contributed by atoms with Crippen LogP contribution >= 0.6 is 12.4 Å². The summed E-state index contributed by atoms with van der Waals surface area (Å²) in [5.41, 5.74) is 2.37. The second kappa shape index (κ2) is 9.04. The van der Waals surface area contributed by atoms with Crippen molar-refractivity contribution in [3.63, 3.8) is 0 Å². The van der Waals surface area contributed by atoms with Crippen LogP contribution in [-0.2, 0) is 4.79 Å². The Hall–Kier alpha value is -1.59. The third kappa shape index (κ3) is 5.21. The van der Waals surface area contributed by atoms with Crippen molar-refractivity contribution in [1.29, 1.82) is 0 Å². The van der Waals surface area contributed by atoms with Crippen molar-refractivity contribution in [2.45, 2.75) is 40.2 Å². The summed E-state index contributed by atoms with van der Waals surface area (Å²) in [7, 11) is 0. The van der Waals surface area contributed by atoms with Gasteiger partial charge in [-0.2, -0.15) is 0 Å². The molecule has 1 aliphatic heterocycles. The van der Waals surface area contributed by atoms with Crippen molar-refractivity contribution in [1.82, 2.24) is 10.2 Å². The molecule has 1 heterocycles. The molecule has 5 nitrogen and oxygen atoms in total. The summed E-state index contributed by atoms with van der Waals surface area (Å²) in [6.07, 6.45) is 0.498. The largest absolute Gasteiger partial charge is 0.333 e. The molecule has 2 amide bonds. The Bertz CT molecular complexity index is 590. The molecule has 0 bridgehead atoms. The van der Waals surface area contributed by atoms with Crippen LogP contribution in [0.2, 0.25) is 0 Å². The van der Waals surface area contributed by atoms with Crippen molar-refractivity contribution < 1.29 is 9.59 Å². The summed E-state index contributed by atoms with van der Waals surface area (Å²) in [6.45, 7) is 10.4. The Balaban J connectivity index is 0.00000288. The molecule has 1 aromatic rings. The minimum atomic E-state index is 0. The number of halogens is 1. The standard InChI is InChI=1S/C18H27N3O2.ClH/c1-12(2)9-17(22)20-16-6-5-15(10-13(16)3)18(23)21-8-7-19-11-14(21)4;/h5-6,10,12,14,19H,7-9,11H2,1-4H3,(H,20,22);1H/t14-;/m1./s1. The first-order valence-electron chi connectivity index (χ1n) is 8.30. The quantitative estimate of drug-likeness (QED) is 0.875. The van der Waals surface area contributed by atoms with Crippen LogP contribution < -0.4 is 10.6 Å². The fourth-order valence-electron chi connectivity index (χ4n) is 2.82. The highest BCUT2D eigenvalue weighted by Gasteiger charge is 2.24. The van der Waals surface area contributed by atoms with E-state index in [9.17, 15) is 9.59 Å². The van der Waals surface area contributed by atoms with Gasteiger partial charge >= 0.3 is 0 Å². The third-order valence-corrected chi connectivity index (χ3v) is 4.10. The van der Waals surface area contributed by atoms with Crippen LogP contribution in [0.3, 0.4) is 0 Å². The number of aryl methyl sites for hydroxylation is 1. The van der Waals surface area contributed by atoms with Crippen molar-refractivity contribution in [2.75, 3.05) is 25.0 Å². The Labute approximate surface area is 150 Å². The summed E-state index contributed by atoms with van der Waals surface area (Å²) >= 11 is 0. The smallest absolute Gasteiger partial charge is 0.254 e. The summed E-state index contributed by atoms with van der Waals surface area (Å²) in [5, 5.41) is 6.21. The predicted octanol–water partition coefficient (Wildman–Crippen LogP) is 2.84. The van der Waals surface area contributed by atoms with Crippen LogP contribution in [-0.4, -0.2) is 42.4 Å². The highest BCUT2D eigenvalue weighted by Crippen LogP contribution is 2.19. The van der Waals surface area contributed by atoms with Gasteiger partial charge in [0.15, 0.2) is 0 Å². The van der Waals surface area contributed by atoms with E-state index in [1.165, 1.54) is 0 Å². The zero-order valence-electron chi connectivity index (χ0n) is 14.9. The number of nitrogens with one attached hydrogen (secondary N) is 2. The predicted molar refractivity (Wildman–Crippen MR) is 99.9 cm³/mol. The molecule has 1 aliphatic rings. The molecular formula is C18H28ClN3O2. The number of anilines is 1. The van der Waals surface area contributed by atoms with Crippen molar-refractivity contribution >= 4 is 29.9 Å². The monoisotopic (exact) mass is 353 g/mol. The molecule has 1 saturated heterocycles. The van der Waals surface area contributed by atoms with Gasteiger partial charge in [-0.1, -0.05) is 13.8 Å². The zero-order chi connectivity index (χ0) is 17.0. The van der Waals surface area contributed by atoms with Gasteiger partial charge in [0.05, 0.1) is 0 Å². The third-order valence-electron chi connectivity index (χ3n) is 4.10. The van der Waals surface area contributed by atoms with E-state index in [0.29, 0.717) is 17.9 Å². The molecule has 24 heavy (non-hydrogen) atoms. The second-order valence-electron chi connectivity index (χ2n) is 6.73. The highest BCUT2D eigenvalue weighted by molar-refractivity contribution is 5.96. The number of hydrogen-bond donors (Lipinski definition) is 2. The van der Waals surface area contributed by atoms with Gasteiger partial charge in [-0.05, 0) is 43.5 Å². The van der Waals surface area contributed by atoms with Crippen LogP contribution in [0.5, 0.6) is 0 Å². The molecule has 1 aromatic carbocycles. The minimum Gasteiger partial charge on any atom is -0.333 e. The van der Waals surface area contributed by atoms with Crippen molar-refractivity contribution in [3.8, 4) is 0 Å². The normalized spacial score (nSPS) is 17.4. The lowest BCUT2D eigenvalue weighted by molar-refractivity contribution is -0.116. The SMILES string of the molecule is Cc1cc(C(=O)N2CCNC[C@H]2C)ccc1NC(=O)CC(C)C.Cl. The number of rotatable bonds is 4. The molecule has 0 aromatic heterocycles. The van der Waals surface area contributed by atoms with Gasteiger partial charge in [0.1, 0.15) is 0 Å². The van der Waals surface area contributed by atoms with Crippen molar-refractivity contribution in [3.05, 3.63) is 29.3 Å². The fourth-order valence-corrected chi connectivity index (χ4v) is 2.82. The maximum atomic E-state index is 12.7. The van der Waals surface area contributed by atoms with E-state index < -0.39 is 0 Å². The molecule has 1 fully saturated rings. The van der Waals surface area contributed by atoms with Gasteiger partial charge in [-0.25, -0.2) is 0 Å². The van der Waals surface area contributed by atoms with Gasteiger partial charge < -0.3 is 15.5 Å². The Morgan fingerprint density at radius 3 is 2.67 bits per heavy atom. The summed E-state index contributed by atoms with van der Waals surface area (Å²) < 4.78 is 0. The molecule has 0 unspecified atom stereocenters. The van der Waals surface area contributed by atoms with Gasteiger partial charge in [0.2, 0.25) is 5.91 Å². The van der Waals surface area contributed by atoms with E-state index in [1.54, 1.807) is 6.07 Å². The lowest BCUT2D eigenvalue weighted by Gasteiger charge is -2.34. The van der Waals surface area contributed by atoms with Crippen LogP contribution in [0.4, 0.5) is 5.69 Å². The zero-order valence-corrected chi connectivity index (χ0v) is 15.7. The van der Waals surface area contributed by atoms with Crippen LogP contribution in [0, 0.1) is 12.8 Å². The molecule has 2 N–H and O–H groups in total. The number of carbonyl (C=O) groups excluding carboxylic acids is 2. The molecular weight excluding hydrogens is 326 g/mol.